The first kappa shape index (κ1) is 18.9. The van der Waals surface area contributed by atoms with Crippen LogP contribution in [-0.2, 0) is 22.6 Å². The third kappa shape index (κ3) is 3.53. The van der Waals surface area contributed by atoms with Gasteiger partial charge in [-0.1, -0.05) is 30.3 Å². The topological polar surface area (TPSA) is 78.9 Å². The molecule has 0 fully saturated rings. The van der Waals surface area contributed by atoms with Crippen LogP contribution in [0.5, 0.6) is 5.75 Å². The zero-order valence-electron chi connectivity index (χ0n) is 16.7. The fourth-order valence-corrected chi connectivity index (χ4v) is 3.83. The van der Waals surface area contributed by atoms with E-state index in [2.05, 4.69) is 0 Å². The number of methoxy groups -OCH3 is 1. The lowest BCUT2D eigenvalue weighted by Gasteiger charge is -2.09. The average molecular weight is 414 g/mol. The zero-order valence-corrected chi connectivity index (χ0v) is 16.7. The average Bonchev–Trinajstić information content (AvgIpc) is 3.18. The summed E-state index contributed by atoms with van der Waals surface area (Å²) in [4.78, 5) is 24.6. The minimum Gasteiger partial charge on any atom is -0.497 e. The molecule has 2 heterocycles. The van der Waals surface area contributed by atoms with Crippen LogP contribution in [0.1, 0.15) is 11.1 Å². The number of benzene rings is 3. The van der Waals surface area contributed by atoms with Gasteiger partial charge in [0.05, 0.1) is 19.8 Å². The predicted molar refractivity (Wildman–Crippen MR) is 116 cm³/mol. The molecule has 0 atom stereocenters. The summed E-state index contributed by atoms with van der Waals surface area (Å²) >= 11 is 0. The molecule has 0 saturated carbocycles. The molecule has 31 heavy (non-hydrogen) atoms. The number of rotatable bonds is 5. The summed E-state index contributed by atoms with van der Waals surface area (Å²) in [5.41, 5.74) is 1.96. The van der Waals surface area contributed by atoms with Gasteiger partial charge in [-0.15, -0.1) is 0 Å². The Kier molecular flexibility index (Phi) is 4.67. The maximum Gasteiger partial charge on any atom is 0.336 e. The SMILES string of the molecule is COc1ccc2c(CC(=O)OCc3cc(=O)oc4ccc5ccccc5c34)coc2c1. The van der Waals surface area contributed by atoms with Gasteiger partial charge in [-0.05, 0) is 29.0 Å². The first-order valence-corrected chi connectivity index (χ1v) is 9.76. The summed E-state index contributed by atoms with van der Waals surface area (Å²) in [6.07, 6.45) is 1.60. The minimum atomic E-state index is -0.483. The Morgan fingerprint density at radius 3 is 2.68 bits per heavy atom. The molecule has 0 aliphatic carbocycles. The molecule has 0 radical (unpaired) electrons. The summed E-state index contributed by atoms with van der Waals surface area (Å²) < 4.78 is 21.6. The summed E-state index contributed by atoms with van der Waals surface area (Å²) in [6.45, 7) is -0.0292. The third-order valence-corrected chi connectivity index (χ3v) is 5.30. The number of furan rings is 1. The Balaban J connectivity index is 1.41. The number of carbonyl (C=O) groups excluding carboxylic acids is 1. The number of fused-ring (bicyclic) bond motifs is 4. The molecule has 3 aromatic carbocycles. The Labute approximate surface area is 176 Å². The smallest absolute Gasteiger partial charge is 0.336 e. The molecule has 6 heteroatoms. The van der Waals surface area contributed by atoms with Crippen LogP contribution in [0.25, 0.3) is 32.7 Å². The van der Waals surface area contributed by atoms with E-state index in [1.165, 1.54) is 6.07 Å². The Bertz CT molecular complexity index is 1490. The van der Waals surface area contributed by atoms with Gasteiger partial charge in [-0.2, -0.15) is 0 Å². The van der Waals surface area contributed by atoms with Gasteiger partial charge >= 0.3 is 11.6 Å². The van der Waals surface area contributed by atoms with E-state index in [-0.39, 0.29) is 13.0 Å². The maximum absolute atomic E-state index is 12.5. The van der Waals surface area contributed by atoms with Gasteiger partial charge in [0.15, 0.2) is 0 Å². The van der Waals surface area contributed by atoms with Crippen LogP contribution < -0.4 is 10.4 Å². The summed E-state index contributed by atoms with van der Waals surface area (Å²) in [7, 11) is 1.58. The molecular formula is C25H18O6. The van der Waals surface area contributed by atoms with Crippen molar-refractivity contribution in [3.8, 4) is 5.75 Å². The van der Waals surface area contributed by atoms with Gasteiger partial charge < -0.3 is 18.3 Å². The number of hydrogen-bond acceptors (Lipinski definition) is 6. The molecule has 0 N–H and O–H groups in total. The van der Waals surface area contributed by atoms with Gasteiger partial charge in [-0.3, -0.25) is 4.79 Å². The van der Waals surface area contributed by atoms with Crippen molar-refractivity contribution in [3.05, 3.63) is 88.5 Å². The molecule has 5 rings (SSSR count). The highest BCUT2D eigenvalue weighted by molar-refractivity contribution is 6.07. The molecule has 0 spiro atoms. The largest absolute Gasteiger partial charge is 0.497 e. The maximum atomic E-state index is 12.5. The molecule has 0 amide bonds. The zero-order chi connectivity index (χ0) is 21.4. The second-order valence-electron chi connectivity index (χ2n) is 7.21. The van der Waals surface area contributed by atoms with Gasteiger partial charge in [0.1, 0.15) is 23.5 Å². The van der Waals surface area contributed by atoms with Crippen LogP contribution >= 0.6 is 0 Å². The molecule has 0 aliphatic rings. The number of ether oxygens (including phenoxy) is 2. The van der Waals surface area contributed by atoms with Gasteiger partial charge in [0.25, 0.3) is 0 Å². The molecule has 154 valence electrons. The highest BCUT2D eigenvalue weighted by atomic mass is 16.5. The molecular weight excluding hydrogens is 396 g/mol. The van der Waals surface area contributed by atoms with Crippen molar-refractivity contribution in [1.29, 1.82) is 0 Å². The summed E-state index contributed by atoms with van der Waals surface area (Å²) in [6, 6.07) is 18.3. The third-order valence-electron chi connectivity index (χ3n) is 5.30. The fraction of sp³-hybridized carbons (Fsp3) is 0.120. The first-order chi connectivity index (χ1) is 15.1. The van der Waals surface area contributed by atoms with Crippen molar-refractivity contribution in [2.45, 2.75) is 13.0 Å². The van der Waals surface area contributed by atoms with Crippen LogP contribution in [-0.4, -0.2) is 13.1 Å². The Hall–Kier alpha value is -4.06. The van der Waals surface area contributed by atoms with E-state index in [9.17, 15) is 9.59 Å². The second-order valence-corrected chi connectivity index (χ2v) is 7.21. The predicted octanol–water partition coefficient (Wildman–Crippen LogP) is 4.99. The van der Waals surface area contributed by atoms with Crippen molar-refractivity contribution in [2.24, 2.45) is 0 Å². The van der Waals surface area contributed by atoms with Crippen molar-refractivity contribution >= 4 is 38.7 Å². The lowest BCUT2D eigenvalue weighted by atomic mass is 10.0. The Morgan fingerprint density at radius 2 is 1.81 bits per heavy atom. The normalized spacial score (nSPS) is 11.3. The summed E-state index contributed by atoms with van der Waals surface area (Å²) in [5.74, 6) is 0.262. The van der Waals surface area contributed by atoms with E-state index in [1.807, 2.05) is 42.5 Å². The molecule has 0 bridgehead atoms. The van der Waals surface area contributed by atoms with Crippen molar-refractivity contribution in [2.75, 3.05) is 7.11 Å². The van der Waals surface area contributed by atoms with E-state index >= 15 is 0 Å². The molecule has 0 aliphatic heterocycles. The first-order valence-electron chi connectivity index (χ1n) is 9.76. The molecule has 5 aromatic rings. The lowest BCUT2D eigenvalue weighted by molar-refractivity contribution is -0.144. The number of carbonyl (C=O) groups is 1. The summed E-state index contributed by atoms with van der Waals surface area (Å²) in [5, 5.41) is 3.54. The lowest BCUT2D eigenvalue weighted by Crippen LogP contribution is -2.10. The van der Waals surface area contributed by atoms with Crippen molar-refractivity contribution in [3.63, 3.8) is 0 Å². The Morgan fingerprint density at radius 1 is 0.935 bits per heavy atom. The van der Waals surface area contributed by atoms with Gasteiger partial charge in [-0.25, -0.2) is 4.79 Å². The van der Waals surface area contributed by atoms with Crippen LogP contribution in [0.15, 0.2) is 80.6 Å². The van der Waals surface area contributed by atoms with E-state index in [4.69, 9.17) is 18.3 Å². The highest BCUT2D eigenvalue weighted by Crippen LogP contribution is 2.29. The highest BCUT2D eigenvalue weighted by Gasteiger charge is 2.15. The van der Waals surface area contributed by atoms with E-state index in [0.29, 0.717) is 22.5 Å². The van der Waals surface area contributed by atoms with E-state index in [0.717, 1.165) is 27.1 Å². The van der Waals surface area contributed by atoms with Crippen molar-refractivity contribution in [1.82, 2.24) is 0 Å². The van der Waals surface area contributed by atoms with Gasteiger partial charge in [0, 0.05) is 34.0 Å². The molecule has 0 unspecified atom stereocenters. The number of esters is 1. The number of hydrogen-bond donors (Lipinski definition) is 0. The molecule has 2 aromatic heterocycles. The molecule has 0 saturated heterocycles. The monoisotopic (exact) mass is 414 g/mol. The fourth-order valence-electron chi connectivity index (χ4n) is 3.83. The van der Waals surface area contributed by atoms with E-state index in [1.54, 1.807) is 25.5 Å². The van der Waals surface area contributed by atoms with Crippen LogP contribution in [0.3, 0.4) is 0 Å². The molecule has 6 nitrogen and oxygen atoms in total. The quantitative estimate of drug-likeness (QED) is 0.229. The van der Waals surface area contributed by atoms with E-state index < -0.39 is 11.6 Å². The standard InChI is InChI=1S/C25H18O6/c1-28-18-7-8-19-16(13-29-22(19)12-18)10-23(26)30-14-17-11-24(27)31-21-9-6-15-4-2-3-5-20(15)25(17)21/h2-9,11-13H,10,14H2,1H3. The minimum absolute atomic E-state index is 0.0292. The second kappa shape index (κ2) is 7.65. The van der Waals surface area contributed by atoms with Crippen molar-refractivity contribution < 1.29 is 23.1 Å². The van der Waals surface area contributed by atoms with Crippen LogP contribution in [0.2, 0.25) is 0 Å². The van der Waals surface area contributed by atoms with Crippen LogP contribution in [0, 0.1) is 0 Å². The van der Waals surface area contributed by atoms with Gasteiger partial charge in [0.2, 0.25) is 0 Å². The van der Waals surface area contributed by atoms with Crippen LogP contribution in [0.4, 0.5) is 0 Å².